The zero-order valence-corrected chi connectivity index (χ0v) is 23.1. The van der Waals surface area contributed by atoms with Crippen LogP contribution in [-0.4, -0.2) is 35.4 Å². The Morgan fingerprint density at radius 2 is 1.85 bits per heavy atom. The number of nitrogen functional groups attached to an aromatic ring is 1. The number of anilines is 1. The Labute approximate surface area is 241 Å². The molecule has 0 radical (unpaired) electrons. The average Bonchev–Trinajstić information content (AvgIpc) is 3.72. The highest BCUT2D eigenvalue weighted by Gasteiger charge is 2.23. The van der Waals surface area contributed by atoms with Crippen molar-refractivity contribution in [2.75, 3.05) is 5.73 Å². The van der Waals surface area contributed by atoms with Crippen LogP contribution in [0.1, 0.15) is 39.7 Å². The lowest BCUT2D eigenvalue weighted by atomic mass is 10.1. The monoisotopic (exact) mass is 576 g/mol. The van der Waals surface area contributed by atoms with Gasteiger partial charge in [-0.1, -0.05) is 30.2 Å². The van der Waals surface area contributed by atoms with Gasteiger partial charge in [0, 0.05) is 10.9 Å². The fraction of sp³-hybridized carbons (Fsp3) is 0.0690. The minimum Gasteiger partial charge on any atom is -0.382 e. The Bertz CT molecular complexity index is 1990. The molecule has 6 aromatic rings. The van der Waals surface area contributed by atoms with Crippen LogP contribution in [0.25, 0.3) is 28.0 Å². The second-order valence-corrected chi connectivity index (χ2v) is 10.4. The normalized spacial score (nSPS) is 11.5. The number of amides is 1. The maximum atomic E-state index is 14.1. The van der Waals surface area contributed by atoms with E-state index in [1.54, 1.807) is 59.9 Å². The van der Waals surface area contributed by atoms with Gasteiger partial charge in [-0.25, -0.2) is 19.9 Å². The van der Waals surface area contributed by atoms with Crippen molar-refractivity contribution in [3.8, 4) is 28.9 Å². The van der Waals surface area contributed by atoms with Gasteiger partial charge in [0.15, 0.2) is 11.5 Å². The van der Waals surface area contributed by atoms with E-state index in [-0.39, 0.29) is 17.1 Å². The Balaban J connectivity index is 1.44. The summed E-state index contributed by atoms with van der Waals surface area (Å²) in [6.45, 7) is 1.74. The number of nitrogens with two attached hydrogens (primary N) is 1. The third-order valence-corrected chi connectivity index (χ3v) is 7.41. The third kappa shape index (κ3) is 5.19. The van der Waals surface area contributed by atoms with Crippen molar-refractivity contribution in [2.24, 2.45) is 0 Å². The van der Waals surface area contributed by atoms with E-state index < -0.39 is 11.9 Å². The molecular formula is C29H20N8O2S2. The van der Waals surface area contributed by atoms with Crippen LogP contribution in [0.4, 0.5) is 5.82 Å². The number of fused-ring (bicyclic) bond motifs is 1. The molecule has 1 atom stereocenters. The summed E-state index contributed by atoms with van der Waals surface area (Å²) >= 11 is 2.82. The molecule has 10 nitrogen and oxygen atoms in total. The number of hydrogen-bond donors (Lipinski definition) is 2. The summed E-state index contributed by atoms with van der Waals surface area (Å²) in [4.78, 5) is 49.9. The molecule has 0 fully saturated rings. The summed E-state index contributed by atoms with van der Waals surface area (Å²) in [6.07, 6.45) is 3.15. The standard InChI is InChI=1S/C29H20N8O2S2/c1-17(34-28(38)25-26(30)32-13-22(35-25)23-14-40-16-33-23)27-36-21-9-5-6-18(10-11-20-12-31-15-41-20)24(21)29(39)37(27)19-7-3-2-4-8-19/h2-9,12-17H,1H3,(H2,30,32)(H,34,38)/t17-/m0/s1. The Morgan fingerprint density at radius 3 is 2.61 bits per heavy atom. The van der Waals surface area contributed by atoms with Gasteiger partial charge >= 0.3 is 0 Å². The van der Waals surface area contributed by atoms with Gasteiger partial charge in [-0.2, -0.15) is 0 Å². The molecule has 0 aliphatic rings. The summed E-state index contributed by atoms with van der Waals surface area (Å²) in [7, 11) is 0. The van der Waals surface area contributed by atoms with Gasteiger partial charge in [0.1, 0.15) is 17.2 Å². The lowest BCUT2D eigenvalue weighted by Crippen LogP contribution is -2.34. The van der Waals surface area contributed by atoms with Gasteiger partial charge in [0.2, 0.25) is 0 Å². The summed E-state index contributed by atoms with van der Waals surface area (Å²) in [6, 6.07) is 13.7. The van der Waals surface area contributed by atoms with Crippen molar-refractivity contribution in [2.45, 2.75) is 13.0 Å². The number of hydrogen-bond acceptors (Lipinski definition) is 10. The van der Waals surface area contributed by atoms with Gasteiger partial charge in [-0.05, 0) is 37.1 Å². The predicted octanol–water partition coefficient (Wildman–Crippen LogP) is 4.23. The molecule has 4 aromatic heterocycles. The second-order valence-electron chi connectivity index (χ2n) is 8.82. The van der Waals surface area contributed by atoms with E-state index in [4.69, 9.17) is 10.7 Å². The van der Waals surface area contributed by atoms with E-state index in [1.165, 1.54) is 33.4 Å². The number of thiazole rings is 2. The summed E-state index contributed by atoms with van der Waals surface area (Å²) in [5, 5.41) is 5.07. The molecule has 12 heteroatoms. The minimum absolute atomic E-state index is 0.0234. The fourth-order valence-electron chi connectivity index (χ4n) is 4.23. The minimum atomic E-state index is -0.712. The Morgan fingerprint density at radius 1 is 1.00 bits per heavy atom. The van der Waals surface area contributed by atoms with Crippen LogP contribution >= 0.6 is 22.7 Å². The topological polar surface area (TPSA) is 142 Å². The van der Waals surface area contributed by atoms with E-state index in [1.807, 2.05) is 18.2 Å². The molecule has 2 aromatic carbocycles. The van der Waals surface area contributed by atoms with Gasteiger partial charge in [-0.3, -0.25) is 19.1 Å². The van der Waals surface area contributed by atoms with E-state index in [2.05, 4.69) is 37.1 Å². The second kappa shape index (κ2) is 11.1. The maximum Gasteiger partial charge on any atom is 0.274 e. The number of carbonyl (C=O) groups is 1. The van der Waals surface area contributed by atoms with Crippen LogP contribution in [0.3, 0.4) is 0 Å². The Hall–Kier alpha value is -5.25. The highest BCUT2D eigenvalue weighted by Crippen LogP contribution is 2.22. The predicted molar refractivity (Wildman–Crippen MR) is 159 cm³/mol. The van der Waals surface area contributed by atoms with Crippen LogP contribution in [0.2, 0.25) is 0 Å². The summed E-state index contributed by atoms with van der Waals surface area (Å²) < 4.78 is 1.49. The van der Waals surface area contributed by atoms with Crippen LogP contribution < -0.4 is 16.6 Å². The average molecular weight is 577 g/mol. The molecule has 1 amide bonds. The molecule has 0 aliphatic heterocycles. The lowest BCUT2D eigenvalue weighted by molar-refractivity contribution is 0.0933. The first-order valence-corrected chi connectivity index (χ1v) is 14.2. The molecule has 0 spiro atoms. The molecule has 6 rings (SSSR count). The maximum absolute atomic E-state index is 14.1. The highest BCUT2D eigenvalue weighted by atomic mass is 32.1. The highest BCUT2D eigenvalue weighted by molar-refractivity contribution is 7.10. The molecule has 3 N–H and O–H groups in total. The molecular weight excluding hydrogens is 557 g/mol. The van der Waals surface area contributed by atoms with Crippen molar-refractivity contribution in [3.63, 3.8) is 0 Å². The number of rotatable bonds is 5. The number of aromatic nitrogens is 6. The molecule has 0 unspecified atom stereocenters. The zero-order chi connectivity index (χ0) is 28.3. The number of carbonyl (C=O) groups excluding carboxylic acids is 1. The number of nitrogens with zero attached hydrogens (tertiary/aromatic N) is 6. The lowest BCUT2D eigenvalue weighted by Gasteiger charge is -2.20. The number of para-hydroxylation sites is 1. The summed E-state index contributed by atoms with van der Waals surface area (Å²) in [5.41, 5.74) is 11.6. The number of nitrogens with one attached hydrogen (secondary N) is 1. The van der Waals surface area contributed by atoms with E-state index in [9.17, 15) is 9.59 Å². The number of benzene rings is 2. The van der Waals surface area contributed by atoms with Gasteiger partial charge in [0.25, 0.3) is 11.5 Å². The van der Waals surface area contributed by atoms with Crippen molar-refractivity contribution < 1.29 is 4.79 Å². The Kier molecular flexibility index (Phi) is 7.03. The summed E-state index contributed by atoms with van der Waals surface area (Å²) in [5.74, 6) is 5.91. The van der Waals surface area contributed by atoms with Gasteiger partial charge in [0.05, 0.1) is 50.9 Å². The molecule has 4 heterocycles. The molecule has 0 saturated heterocycles. The molecule has 0 bridgehead atoms. The molecule has 0 aliphatic carbocycles. The largest absolute Gasteiger partial charge is 0.382 e. The van der Waals surface area contributed by atoms with Crippen molar-refractivity contribution in [1.82, 2.24) is 34.8 Å². The van der Waals surface area contributed by atoms with Crippen LogP contribution in [0.15, 0.2) is 82.1 Å². The van der Waals surface area contributed by atoms with Crippen molar-refractivity contribution in [1.29, 1.82) is 0 Å². The van der Waals surface area contributed by atoms with E-state index in [0.29, 0.717) is 39.4 Å². The van der Waals surface area contributed by atoms with Gasteiger partial charge < -0.3 is 11.1 Å². The SMILES string of the molecule is C[C@H](NC(=O)c1nc(-c2cscn2)cnc1N)c1nc2cccc(C#Cc3cncs3)c2c(=O)n1-c1ccccc1. The van der Waals surface area contributed by atoms with E-state index >= 15 is 0 Å². The first kappa shape index (κ1) is 26.0. The van der Waals surface area contributed by atoms with Crippen molar-refractivity contribution >= 4 is 45.3 Å². The van der Waals surface area contributed by atoms with E-state index in [0.717, 1.165) is 4.88 Å². The quantitative estimate of drug-likeness (QED) is 0.291. The van der Waals surface area contributed by atoms with Crippen molar-refractivity contribution in [3.05, 3.63) is 110 Å². The third-order valence-electron chi connectivity index (χ3n) is 6.14. The first-order valence-electron chi connectivity index (χ1n) is 12.3. The molecule has 41 heavy (non-hydrogen) atoms. The van der Waals surface area contributed by atoms with Crippen LogP contribution in [-0.2, 0) is 0 Å². The van der Waals surface area contributed by atoms with Crippen LogP contribution in [0, 0.1) is 11.8 Å². The van der Waals surface area contributed by atoms with Crippen LogP contribution in [0.5, 0.6) is 0 Å². The first-order chi connectivity index (χ1) is 20.0. The zero-order valence-electron chi connectivity index (χ0n) is 21.5. The van der Waals surface area contributed by atoms with Gasteiger partial charge in [-0.15, -0.1) is 22.7 Å². The molecule has 200 valence electrons. The fourth-order valence-corrected chi connectivity index (χ4v) is 5.25. The smallest absolute Gasteiger partial charge is 0.274 e. The molecule has 0 saturated carbocycles.